The van der Waals surface area contributed by atoms with Crippen LogP contribution >= 0.6 is 0 Å². The summed E-state index contributed by atoms with van der Waals surface area (Å²) in [7, 11) is 0. The molecule has 17 heavy (non-hydrogen) atoms. The van der Waals surface area contributed by atoms with E-state index in [0.29, 0.717) is 5.75 Å². The minimum atomic E-state index is -0.208. The number of nitrogens with zero attached hydrogens (tertiary/aromatic N) is 1. The van der Waals surface area contributed by atoms with Crippen molar-refractivity contribution in [1.29, 1.82) is 5.26 Å². The zero-order valence-corrected chi connectivity index (χ0v) is 10.3. The first-order valence-electron chi connectivity index (χ1n) is 6.33. The first-order valence-corrected chi connectivity index (χ1v) is 6.33. The van der Waals surface area contributed by atoms with Crippen molar-refractivity contribution >= 4 is 0 Å². The minimum absolute atomic E-state index is 0.208. The second kappa shape index (κ2) is 4.79. The first-order chi connectivity index (χ1) is 8.13. The van der Waals surface area contributed by atoms with E-state index in [0.717, 1.165) is 43.6 Å². The van der Waals surface area contributed by atoms with E-state index in [2.05, 4.69) is 13.0 Å². The van der Waals surface area contributed by atoms with Gasteiger partial charge in [0, 0.05) is 0 Å². The lowest BCUT2D eigenvalue weighted by Gasteiger charge is -2.33. The third-order valence-corrected chi connectivity index (χ3v) is 3.92. The number of phenols is 1. The van der Waals surface area contributed by atoms with Crippen LogP contribution in [0.4, 0.5) is 0 Å². The molecule has 1 N–H and O–H groups in total. The standard InChI is InChI=1S/C15H19NO/c1-12-5-7-15(11-16,8-6-12)10-13-3-2-4-14(17)9-13/h2-4,9,12,17H,5-8,10H2,1H3. The van der Waals surface area contributed by atoms with Gasteiger partial charge in [-0.1, -0.05) is 19.1 Å². The topological polar surface area (TPSA) is 44.0 Å². The highest BCUT2D eigenvalue weighted by Gasteiger charge is 2.34. The second-order valence-corrected chi connectivity index (χ2v) is 5.42. The molecule has 0 unspecified atom stereocenters. The van der Waals surface area contributed by atoms with Crippen LogP contribution in [0.3, 0.4) is 0 Å². The van der Waals surface area contributed by atoms with Gasteiger partial charge in [-0.2, -0.15) is 5.26 Å². The molecular formula is C15H19NO. The maximum atomic E-state index is 9.46. The largest absolute Gasteiger partial charge is 0.508 e. The van der Waals surface area contributed by atoms with Gasteiger partial charge in [0.25, 0.3) is 0 Å². The van der Waals surface area contributed by atoms with Crippen molar-refractivity contribution in [2.24, 2.45) is 11.3 Å². The van der Waals surface area contributed by atoms with E-state index in [1.807, 2.05) is 12.1 Å². The van der Waals surface area contributed by atoms with Crippen molar-refractivity contribution in [3.63, 3.8) is 0 Å². The molecule has 1 fully saturated rings. The Morgan fingerprint density at radius 2 is 2.12 bits per heavy atom. The Morgan fingerprint density at radius 1 is 1.41 bits per heavy atom. The molecule has 0 amide bonds. The van der Waals surface area contributed by atoms with Crippen LogP contribution in [0, 0.1) is 22.7 Å². The quantitative estimate of drug-likeness (QED) is 0.841. The number of aromatic hydroxyl groups is 1. The number of hydrogen-bond acceptors (Lipinski definition) is 2. The molecular weight excluding hydrogens is 210 g/mol. The summed E-state index contributed by atoms with van der Waals surface area (Å²) >= 11 is 0. The van der Waals surface area contributed by atoms with Crippen LogP contribution in [0.1, 0.15) is 38.2 Å². The van der Waals surface area contributed by atoms with E-state index in [9.17, 15) is 10.4 Å². The number of rotatable bonds is 2. The van der Waals surface area contributed by atoms with Gasteiger partial charge in [0.15, 0.2) is 0 Å². The molecule has 1 aromatic carbocycles. The van der Waals surface area contributed by atoms with Crippen LogP contribution in [0.15, 0.2) is 24.3 Å². The molecule has 0 aliphatic heterocycles. The monoisotopic (exact) mass is 229 g/mol. The summed E-state index contributed by atoms with van der Waals surface area (Å²) in [5.74, 6) is 1.04. The van der Waals surface area contributed by atoms with Gasteiger partial charge >= 0.3 is 0 Å². The average molecular weight is 229 g/mol. The molecule has 1 aromatic rings. The predicted octanol–water partition coefficient (Wildman–Crippen LogP) is 3.65. The zero-order chi connectivity index (χ0) is 12.3. The number of phenolic OH excluding ortho intramolecular Hbond substituents is 1. The maximum absolute atomic E-state index is 9.46. The van der Waals surface area contributed by atoms with Crippen LogP contribution in [0.5, 0.6) is 5.75 Å². The molecule has 0 radical (unpaired) electrons. The molecule has 0 spiro atoms. The molecule has 2 rings (SSSR count). The number of benzene rings is 1. The molecule has 0 atom stereocenters. The van der Waals surface area contributed by atoms with E-state index in [-0.39, 0.29) is 5.41 Å². The van der Waals surface area contributed by atoms with E-state index < -0.39 is 0 Å². The lowest BCUT2D eigenvalue weighted by atomic mass is 9.69. The molecule has 0 bridgehead atoms. The summed E-state index contributed by atoms with van der Waals surface area (Å²) in [6.45, 7) is 2.26. The number of nitriles is 1. The van der Waals surface area contributed by atoms with Gasteiger partial charge < -0.3 is 5.11 Å². The van der Waals surface area contributed by atoms with Gasteiger partial charge in [-0.05, 0) is 55.7 Å². The minimum Gasteiger partial charge on any atom is -0.508 e. The van der Waals surface area contributed by atoms with Gasteiger partial charge in [0.1, 0.15) is 5.75 Å². The van der Waals surface area contributed by atoms with E-state index in [1.165, 1.54) is 0 Å². The van der Waals surface area contributed by atoms with Crippen molar-refractivity contribution in [2.45, 2.75) is 39.0 Å². The lowest BCUT2D eigenvalue weighted by Crippen LogP contribution is -2.27. The first kappa shape index (κ1) is 12.0. The Hall–Kier alpha value is -1.49. The molecule has 2 nitrogen and oxygen atoms in total. The highest BCUT2D eigenvalue weighted by molar-refractivity contribution is 5.29. The Balaban J connectivity index is 2.13. The SMILES string of the molecule is CC1CCC(C#N)(Cc2cccc(O)c2)CC1. The fourth-order valence-corrected chi connectivity index (χ4v) is 2.70. The summed E-state index contributed by atoms with van der Waals surface area (Å²) in [4.78, 5) is 0. The molecule has 0 aromatic heterocycles. The second-order valence-electron chi connectivity index (χ2n) is 5.42. The van der Waals surface area contributed by atoms with Crippen LogP contribution < -0.4 is 0 Å². The van der Waals surface area contributed by atoms with Crippen molar-refractivity contribution < 1.29 is 5.11 Å². The average Bonchev–Trinajstić information content (AvgIpc) is 2.33. The van der Waals surface area contributed by atoms with E-state index in [4.69, 9.17) is 0 Å². The molecule has 0 saturated heterocycles. The summed E-state index contributed by atoms with van der Waals surface area (Å²) in [6.07, 6.45) is 5.03. The highest BCUT2D eigenvalue weighted by atomic mass is 16.3. The molecule has 2 heteroatoms. The lowest BCUT2D eigenvalue weighted by molar-refractivity contribution is 0.219. The number of hydrogen-bond donors (Lipinski definition) is 1. The summed E-state index contributed by atoms with van der Waals surface area (Å²) in [5, 5.41) is 18.9. The third kappa shape index (κ3) is 2.79. The summed E-state index contributed by atoms with van der Waals surface area (Å²) in [5.41, 5.74) is 0.862. The fraction of sp³-hybridized carbons (Fsp3) is 0.533. The Kier molecular flexibility index (Phi) is 3.38. The van der Waals surface area contributed by atoms with E-state index >= 15 is 0 Å². The molecule has 0 heterocycles. The van der Waals surface area contributed by atoms with Gasteiger partial charge in [-0.3, -0.25) is 0 Å². The Bertz CT molecular complexity index is 425. The van der Waals surface area contributed by atoms with Gasteiger partial charge in [0.05, 0.1) is 11.5 Å². The Morgan fingerprint density at radius 3 is 2.71 bits per heavy atom. The summed E-state index contributed by atoms with van der Waals surface area (Å²) < 4.78 is 0. The highest BCUT2D eigenvalue weighted by Crippen LogP contribution is 2.41. The van der Waals surface area contributed by atoms with Crippen molar-refractivity contribution in [1.82, 2.24) is 0 Å². The molecule has 90 valence electrons. The van der Waals surface area contributed by atoms with Crippen LogP contribution in [0.25, 0.3) is 0 Å². The summed E-state index contributed by atoms with van der Waals surface area (Å²) in [6, 6.07) is 9.82. The van der Waals surface area contributed by atoms with Gasteiger partial charge in [-0.25, -0.2) is 0 Å². The van der Waals surface area contributed by atoms with Crippen molar-refractivity contribution in [2.75, 3.05) is 0 Å². The normalized spacial score (nSPS) is 28.6. The van der Waals surface area contributed by atoms with Crippen molar-refractivity contribution in [3.05, 3.63) is 29.8 Å². The smallest absolute Gasteiger partial charge is 0.115 e. The Labute approximate surface area is 103 Å². The third-order valence-electron chi connectivity index (χ3n) is 3.92. The predicted molar refractivity (Wildman–Crippen MR) is 67.5 cm³/mol. The molecule has 1 aliphatic carbocycles. The van der Waals surface area contributed by atoms with Crippen LogP contribution in [-0.2, 0) is 6.42 Å². The maximum Gasteiger partial charge on any atom is 0.115 e. The molecule has 1 saturated carbocycles. The molecule has 1 aliphatic rings. The van der Waals surface area contributed by atoms with E-state index in [1.54, 1.807) is 12.1 Å². The fourth-order valence-electron chi connectivity index (χ4n) is 2.70. The zero-order valence-electron chi connectivity index (χ0n) is 10.3. The van der Waals surface area contributed by atoms with Crippen LogP contribution in [-0.4, -0.2) is 5.11 Å². The van der Waals surface area contributed by atoms with Gasteiger partial charge in [0.2, 0.25) is 0 Å². The van der Waals surface area contributed by atoms with Crippen LogP contribution in [0.2, 0.25) is 0 Å². The van der Waals surface area contributed by atoms with Gasteiger partial charge in [-0.15, -0.1) is 0 Å². The van der Waals surface area contributed by atoms with Crippen molar-refractivity contribution in [3.8, 4) is 11.8 Å².